The van der Waals surface area contributed by atoms with Crippen LogP contribution < -0.4 is 0 Å². The lowest BCUT2D eigenvalue weighted by molar-refractivity contribution is -0.168. The molecular formula is C8H14O6. The number of ether oxygens (including phenoxy) is 2. The number of aliphatic hydroxyl groups excluding tert-OH is 3. The molecular weight excluding hydrogens is 192 g/mol. The number of hydrogen-bond acceptors (Lipinski definition) is 6. The fraction of sp³-hybridized carbons (Fsp3) is 0.875. The zero-order chi connectivity index (χ0) is 10.7. The molecule has 0 saturated carbocycles. The standard InChI is InChI=1S/C8H14O6/c1-4-8(14-6(11)3-10)7(12)5(2-9)13-4/h3-9,11-12H,2H2,1H3/t4-,5+,6+,7+,8-/m0/s1. The van der Waals surface area contributed by atoms with Crippen LogP contribution in [0.15, 0.2) is 0 Å². The molecule has 6 nitrogen and oxygen atoms in total. The Morgan fingerprint density at radius 2 is 2.29 bits per heavy atom. The van der Waals surface area contributed by atoms with Crippen LogP contribution in [0.2, 0.25) is 0 Å². The Labute approximate surface area is 81.1 Å². The number of aldehydes is 1. The molecule has 14 heavy (non-hydrogen) atoms. The van der Waals surface area contributed by atoms with E-state index in [1.165, 1.54) is 0 Å². The molecule has 1 rings (SSSR count). The summed E-state index contributed by atoms with van der Waals surface area (Å²) in [5.41, 5.74) is 0. The number of hydrogen-bond donors (Lipinski definition) is 3. The van der Waals surface area contributed by atoms with Gasteiger partial charge in [0.15, 0.2) is 6.29 Å². The average Bonchev–Trinajstić information content (AvgIpc) is 2.44. The van der Waals surface area contributed by atoms with E-state index < -0.39 is 30.7 Å². The second-order valence-corrected chi connectivity index (χ2v) is 3.18. The SMILES string of the molecule is C[C@@H]1O[C@H](CO)[C@@H](O)[C@H]1O[C@@H](O)C=O. The van der Waals surface area contributed by atoms with Crippen molar-refractivity contribution in [2.45, 2.75) is 37.6 Å². The summed E-state index contributed by atoms with van der Waals surface area (Å²) in [5.74, 6) is 0. The number of carbonyl (C=O) groups is 1. The maximum atomic E-state index is 10.1. The molecule has 0 spiro atoms. The van der Waals surface area contributed by atoms with Crippen molar-refractivity contribution in [3.8, 4) is 0 Å². The van der Waals surface area contributed by atoms with Gasteiger partial charge in [-0.3, -0.25) is 4.79 Å². The van der Waals surface area contributed by atoms with Crippen molar-refractivity contribution in [1.82, 2.24) is 0 Å². The van der Waals surface area contributed by atoms with E-state index in [0.29, 0.717) is 0 Å². The van der Waals surface area contributed by atoms with Gasteiger partial charge in [-0.2, -0.15) is 0 Å². The van der Waals surface area contributed by atoms with Crippen LogP contribution in [0.3, 0.4) is 0 Å². The summed E-state index contributed by atoms with van der Waals surface area (Å²) in [6, 6.07) is 0. The van der Waals surface area contributed by atoms with Crippen LogP contribution in [0.1, 0.15) is 6.92 Å². The highest BCUT2D eigenvalue weighted by Crippen LogP contribution is 2.23. The van der Waals surface area contributed by atoms with Crippen molar-refractivity contribution in [2.75, 3.05) is 6.61 Å². The van der Waals surface area contributed by atoms with E-state index in [2.05, 4.69) is 0 Å². The normalized spacial score (nSPS) is 39.7. The molecule has 5 atom stereocenters. The molecule has 0 radical (unpaired) electrons. The minimum absolute atomic E-state index is 0.214. The van der Waals surface area contributed by atoms with Gasteiger partial charge in [-0.1, -0.05) is 0 Å². The maximum absolute atomic E-state index is 10.1. The number of carbonyl (C=O) groups excluding carboxylic acids is 1. The van der Waals surface area contributed by atoms with Gasteiger partial charge >= 0.3 is 0 Å². The third-order valence-electron chi connectivity index (χ3n) is 2.16. The first-order chi connectivity index (χ1) is 6.60. The molecule has 1 heterocycles. The minimum Gasteiger partial charge on any atom is -0.394 e. The summed E-state index contributed by atoms with van der Waals surface area (Å²) in [7, 11) is 0. The van der Waals surface area contributed by atoms with Crippen molar-refractivity contribution < 1.29 is 29.6 Å². The smallest absolute Gasteiger partial charge is 0.212 e. The molecule has 0 aromatic carbocycles. The molecule has 82 valence electrons. The van der Waals surface area contributed by atoms with E-state index in [9.17, 15) is 9.90 Å². The first-order valence-electron chi connectivity index (χ1n) is 4.33. The molecule has 1 fully saturated rings. The molecule has 0 aliphatic carbocycles. The highest BCUT2D eigenvalue weighted by Gasteiger charge is 2.42. The predicted molar refractivity (Wildman–Crippen MR) is 44.4 cm³/mol. The van der Waals surface area contributed by atoms with Crippen LogP contribution >= 0.6 is 0 Å². The monoisotopic (exact) mass is 206 g/mol. The summed E-state index contributed by atoms with van der Waals surface area (Å²) >= 11 is 0. The zero-order valence-electron chi connectivity index (χ0n) is 7.74. The van der Waals surface area contributed by atoms with Crippen molar-refractivity contribution >= 4 is 6.29 Å². The lowest BCUT2D eigenvalue weighted by atomic mass is 10.1. The van der Waals surface area contributed by atoms with E-state index in [1.807, 2.05) is 0 Å². The quantitative estimate of drug-likeness (QED) is 0.365. The first kappa shape index (κ1) is 11.5. The van der Waals surface area contributed by atoms with Crippen molar-refractivity contribution in [3.63, 3.8) is 0 Å². The van der Waals surface area contributed by atoms with Gasteiger partial charge in [-0.15, -0.1) is 0 Å². The van der Waals surface area contributed by atoms with Crippen molar-refractivity contribution in [1.29, 1.82) is 0 Å². The molecule has 3 N–H and O–H groups in total. The molecule has 0 bridgehead atoms. The van der Waals surface area contributed by atoms with Gasteiger partial charge in [0.1, 0.15) is 18.3 Å². The summed E-state index contributed by atoms with van der Waals surface area (Å²) in [6.07, 6.45) is -4.40. The highest BCUT2D eigenvalue weighted by molar-refractivity contribution is 5.53. The Hall–Kier alpha value is -0.530. The van der Waals surface area contributed by atoms with Gasteiger partial charge in [0.05, 0.1) is 12.7 Å². The molecule has 0 amide bonds. The Kier molecular flexibility index (Phi) is 3.97. The van der Waals surface area contributed by atoms with E-state index >= 15 is 0 Å². The maximum Gasteiger partial charge on any atom is 0.212 e. The molecule has 0 aromatic heterocycles. The van der Waals surface area contributed by atoms with Crippen LogP contribution in [0.25, 0.3) is 0 Å². The fourth-order valence-corrected chi connectivity index (χ4v) is 1.46. The topological polar surface area (TPSA) is 96.2 Å². The molecule has 1 aliphatic heterocycles. The Morgan fingerprint density at radius 1 is 1.64 bits per heavy atom. The molecule has 6 heteroatoms. The second kappa shape index (κ2) is 4.81. The van der Waals surface area contributed by atoms with Gasteiger partial charge in [0.25, 0.3) is 0 Å². The highest BCUT2D eigenvalue weighted by atomic mass is 16.6. The van der Waals surface area contributed by atoms with E-state index in [-0.39, 0.29) is 12.9 Å². The second-order valence-electron chi connectivity index (χ2n) is 3.18. The lowest BCUT2D eigenvalue weighted by Crippen LogP contribution is -2.38. The van der Waals surface area contributed by atoms with Gasteiger partial charge in [-0.25, -0.2) is 0 Å². The molecule has 1 saturated heterocycles. The molecule has 0 aromatic rings. The Bertz CT molecular complexity index is 196. The average molecular weight is 206 g/mol. The van der Waals surface area contributed by atoms with E-state index in [1.54, 1.807) is 6.92 Å². The lowest BCUT2D eigenvalue weighted by Gasteiger charge is -2.19. The van der Waals surface area contributed by atoms with Gasteiger partial charge in [0, 0.05) is 0 Å². The summed E-state index contributed by atoms with van der Waals surface area (Å²) in [5, 5.41) is 27.2. The largest absolute Gasteiger partial charge is 0.394 e. The van der Waals surface area contributed by atoms with Crippen LogP contribution in [-0.2, 0) is 14.3 Å². The Balaban J connectivity index is 2.55. The van der Waals surface area contributed by atoms with Crippen LogP contribution in [0, 0.1) is 0 Å². The van der Waals surface area contributed by atoms with Crippen LogP contribution in [0.4, 0.5) is 0 Å². The summed E-state index contributed by atoms with van der Waals surface area (Å²) in [4.78, 5) is 10.1. The fourth-order valence-electron chi connectivity index (χ4n) is 1.46. The van der Waals surface area contributed by atoms with Gasteiger partial charge < -0.3 is 24.8 Å². The first-order valence-corrected chi connectivity index (χ1v) is 4.33. The van der Waals surface area contributed by atoms with Gasteiger partial charge in [-0.05, 0) is 6.92 Å². The number of aliphatic hydroxyl groups is 3. The van der Waals surface area contributed by atoms with Crippen LogP contribution in [0.5, 0.6) is 0 Å². The minimum atomic E-state index is -1.57. The van der Waals surface area contributed by atoms with Crippen LogP contribution in [-0.4, -0.2) is 58.9 Å². The molecule has 0 unspecified atom stereocenters. The number of rotatable bonds is 4. The predicted octanol–water partition coefficient (Wildman–Crippen LogP) is -1.97. The summed E-state index contributed by atoms with van der Waals surface area (Å²) in [6.45, 7) is 1.30. The molecule has 1 aliphatic rings. The van der Waals surface area contributed by atoms with Crippen molar-refractivity contribution in [2.24, 2.45) is 0 Å². The third kappa shape index (κ3) is 2.28. The third-order valence-corrected chi connectivity index (χ3v) is 2.16. The van der Waals surface area contributed by atoms with E-state index in [4.69, 9.17) is 19.7 Å². The summed E-state index contributed by atoms with van der Waals surface area (Å²) < 4.78 is 9.95. The van der Waals surface area contributed by atoms with Gasteiger partial charge in [0.2, 0.25) is 6.29 Å². The van der Waals surface area contributed by atoms with E-state index in [0.717, 1.165) is 0 Å². The Morgan fingerprint density at radius 3 is 2.71 bits per heavy atom. The zero-order valence-corrected chi connectivity index (χ0v) is 7.74. The van der Waals surface area contributed by atoms with Crippen molar-refractivity contribution in [3.05, 3.63) is 0 Å².